The van der Waals surface area contributed by atoms with Crippen LogP contribution in [0.5, 0.6) is 0 Å². The quantitative estimate of drug-likeness (QED) is 0.541. The molecule has 10 heteroatoms. The van der Waals surface area contributed by atoms with Gasteiger partial charge in [-0.15, -0.1) is 0 Å². The second-order valence-electron chi connectivity index (χ2n) is 5.87. The van der Waals surface area contributed by atoms with Gasteiger partial charge in [-0.2, -0.15) is 0 Å². The van der Waals surface area contributed by atoms with Crippen molar-refractivity contribution in [3.63, 3.8) is 0 Å². The predicted octanol–water partition coefficient (Wildman–Crippen LogP) is -0.548. The van der Waals surface area contributed by atoms with Gasteiger partial charge < -0.3 is 24.8 Å². The zero-order valence-corrected chi connectivity index (χ0v) is 15.0. The zero-order valence-electron chi connectivity index (χ0n) is 15.0. The van der Waals surface area contributed by atoms with Crippen molar-refractivity contribution in [3.05, 3.63) is 0 Å². The number of hydrogen-bond donors (Lipinski definition) is 2. The number of carboxylic acid groups (broad SMARTS) is 1. The van der Waals surface area contributed by atoms with Crippen LogP contribution in [0.4, 0.5) is 0 Å². The number of nitrogens with zero attached hydrogens (tertiary/aromatic N) is 1. The van der Waals surface area contributed by atoms with Crippen LogP contribution >= 0.6 is 0 Å². The van der Waals surface area contributed by atoms with E-state index in [2.05, 4.69) is 5.32 Å². The van der Waals surface area contributed by atoms with Gasteiger partial charge in [-0.25, -0.2) is 9.59 Å². The molecule has 0 saturated carbocycles. The molecular formula is C16H24N2O8. The van der Waals surface area contributed by atoms with Crippen molar-refractivity contribution in [2.24, 2.45) is 0 Å². The van der Waals surface area contributed by atoms with Gasteiger partial charge in [0.1, 0.15) is 12.1 Å². The van der Waals surface area contributed by atoms with Gasteiger partial charge in [-0.3, -0.25) is 14.4 Å². The summed E-state index contributed by atoms with van der Waals surface area (Å²) in [6.45, 7) is 4.43. The Balaban J connectivity index is 2.66. The molecule has 0 aliphatic carbocycles. The predicted molar refractivity (Wildman–Crippen MR) is 86.8 cm³/mol. The standard InChI is InChI=1S/C16H24N2O8/c1-4-25-16(24)12(26-10(3)19)8-13(20)17-9(2)14(21)18-7-5-6-11(18)15(22)23/h9,11-12H,4-8H2,1-3H3,(H,17,20)(H,22,23)/t9-,11-,12?/m0/s1. The van der Waals surface area contributed by atoms with E-state index in [9.17, 15) is 24.0 Å². The van der Waals surface area contributed by atoms with Crippen molar-refractivity contribution >= 4 is 29.7 Å². The van der Waals surface area contributed by atoms with Gasteiger partial charge in [-0.05, 0) is 26.7 Å². The number of ether oxygens (including phenoxy) is 2. The summed E-state index contributed by atoms with van der Waals surface area (Å²) in [4.78, 5) is 59.6. The van der Waals surface area contributed by atoms with Gasteiger partial charge in [0, 0.05) is 13.5 Å². The normalized spacial score (nSPS) is 18.6. The highest BCUT2D eigenvalue weighted by atomic mass is 16.6. The smallest absolute Gasteiger partial charge is 0.347 e. The van der Waals surface area contributed by atoms with Crippen LogP contribution in [0.25, 0.3) is 0 Å². The molecule has 0 bridgehead atoms. The summed E-state index contributed by atoms with van der Waals surface area (Å²) in [5, 5.41) is 11.5. The molecule has 1 unspecified atom stereocenters. The number of likely N-dealkylation sites (tertiary alicyclic amines) is 1. The molecule has 1 rings (SSSR count). The Bertz CT molecular complexity index is 577. The monoisotopic (exact) mass is 372 g/mol. The van der Waals surface area contributed by atoms with E-state index >= 15 is 0 Å². The van der Waals surface area contributed by atoms with E-state index in [0.717, 1.165) is 6.92 Å². The molecule has 1 heterocycles. The van der Waals surface area contributed by atoms with Crippen LogP contribution in [0.3, 0.4) is 0 Å². The van der Waals surface area contributed by atoms with E-state index in [1.807, 2.05) is 0 Å². The van der Waals surface area contributed by atoms with Crippen molar-refractivity contribution in [2.75, 3.05) is 13.2 Å². The number of carbonyl (C=O) groups excluding carboxylic acids is 4. The van der Waals surface area contributed by atoms with Crippen LogP contribution in [0.2, 0.25) is 0 Å². The number of amides is 2. The minimum Gasteiger partial charge on any atom is -0.480 e. The minimum atomic E-state index is -1.41. The fraction of sp³-hybridized carbons (Fsp3) is 0.688. The summed E-state index contributed by atoms with van der Waals surface area (Å²) in [5.74, 6) is -3.92. The van der Waals surface area contributed by atoms with Crippen LogP contribution < -0.4 is 5.32 Å². The highest BCUT2D eigenvalue weighted by Gasteiger charge is 2.36. The first kappa shape index (κ1) is 21.4. The maximum Gasteiger partial charge on any atom is 0.347 e. The van der Waals surface area contributed by atoms with Crippen LogP contribution in [0.1, 0.15) is 40.0 Å². The number of hydrogen-bond acceptors (Lipinski definition) is 7. The van der Waals surface area contributed by atoms with Gasteiger partial charge in [0.15, 0.2) is 0 Å². The summed E-state index contributed by atoms with van der Waals surface area (Å²) in [5.41, 5.74) is 0. The molecule has 0 aromatic rings. The average Bonchev–Trinajstić information content (AvgIpc) is 3.02. The van der Waals surface area contributed by atoms with E-state index in [4.69, 9.17) is 14.6 Å². The third kappa shape index (κ3) is 6.01. The Labute approximate surface area is 150 Å². The molecule has 2 amide bonds. The van der Waals surface area contributed by atoms with Crippen molar-refractivity contribution in [1.82, 2.24) is 10.2 Å². The fourth-order valence-corrected chi connectivity index (χ4v) is 2.68. The van der Waals surface area contributed by atoms with E-state index in [0.29, 0.717) is 19.4 Å². The number of aliphatic carboxylic acids is 1. The second-order valence-corrected chi connectivity index (χ2v) is 5.87. The summed E-state index contributed by atoms with van der Waals surface area (Å²) >= 11 is 0. The molecule has 0 spiro atoms. The fourth-order valence-electron chi connectivity index (χ4n) is 2.68. The molecule has 1 aliphatic rings. The van der Waals surface area contributed by atoms with E-state index in [1.54, 1.807) is 6.92 Å². The lowest BCUT2D eigenvalue weighted by Gasteiger charge is -2.25. The second kappa shape index (κ2) is 9.73. The van der Waals surface area contributed by atoms with E-state index < -0.39 is 54.3 Å². The zero-order chi connectivity index (χ0) is 19.9. The number of carboxylic acids is 1. The first-order valence-electron chi connectivity index (χ1n) is 8.33. The Morgan fingerprint density at radius 3 is 2.46 bits per heavy atom. The molecule has 1 saturated heterocycles. The molecule has 1 aliphatic heterocycles. The van der Waals surface area contributed by atoms with Crippen LogP contribution in [0.15, 0.2) is 0 Å². The Morgan fingerprint density at radius 2 is 1.92 bits per heavy atom. The van der Waals surface area contributed by atoms with E-state index in [1.165, 1.54) is 11.8 Å². The molecule has 0 radical (unpaired) electrons. The van der Waals surface area contributed by atoms with Crippen molar-refractivity contribution in [2.45, 2.75) is 58.2 Å². The Morgan fingerprint density at radius 1 is 1.27 bits per heavy atom. The van der Waals surface area contributed by atoms with Gasteiger partial charge in [0.05, 0.1) is 13.0 Å². The maximum atomic E-state index is 12.4. The van der Waals surface area contributed by atoms with Gasteiger partial charge in [0.25, 0.3) is 0 Å². The molecule has 2 N–H and O–H groups in total. The summed E-state index contributed by atoms with van der Waals surface area (Å²) in [6, 6.07) is -1.89. The molecule has 26 heavy (non-hydrogen) atoms. The highest BCUT2D eigenvalue weighted by Crippen LogP contribution is 2.18. The lowest BCUT2D eigenvalue weighted by Crippen LogP contribution is -2.51. The third-order valence-corrected chi connectivity index (χ3v) is 3.80. The number of rotatable bonds is 8. The minimum absolute atomic E-state index is 0.0542. The first-order valence-corrected chi connectivity index (χ1v) is 8.33. The molecule has 1 fully saturated rings. The maximum absolute atomic E-state index is 12.4. The highest BCUT2D eigenvalue weighted by molar-refractivity contribution is 5.92. The van der Waals surface area contributed by atoms with Gasteiger partial charge in [-0.1, -0.05) is 0 Å². The van der Waals surface area contributed by atoms with Crippen molar-refractivity contribution < 1.29 is 38.6 Å². The SMILES string of the molecule is CCOC(=O)C(CC(=O)N[C@@H](C)C(=O)N1CCC[C@H]1C(=O)O)OC(C)=O. The molecule has 0 aromatic heterocycles. The van der Waals surface area contributed by atoms with Crippen molar-refractivity contribution in [1.29, 1.82) is 0 Å². The number of esters is 2. The van der Waals surface area contributed by atoms with Gasteiger partial charge >= 0.3 is 17.9 Å². The Hall–Kier alpha value is -2.65. The van der Waals surface area contributed by atoms with E-state index in [-0.39, 0.29) is 6.61 Å². The van der Waals surface area contributed by atoms with Crippen LogP contribution in [-0.2, 0) is 33.4 Å². The van der Waals surface area contributed by atoms with Crippen LogP contribution in [0, 0.1) is 0 Å². The topological polar surface area (TPSA) is 139 Å². The molecular weight excluding hydrogens is 348 g/mol. The van der Waals surface area contributed by atoms with Crippen LogP contribution in [-0.4, -0.2) is 71.1 Å². The average molecular weight is 372 g/mol. The first-order chi connectivity index (χ1) is 12.2. The van der Waals surface area contributed by atoms with Crippen molar-refractivity contribution in [3.8, 4) is 0 Å². The molecule has 3 atom stereocenters. The Kier molecular flexibility index (Phi) is 8.01. The third-order valence-electron chi connectivity index (χ3n) is 3.80. The van der Waals surface area contributed by atoms with Gasteiger partial charge in [0.2, 0.25) is 17.9 Å². The lowest BCUT2D eigenvalue weighted by molar-refractivity contribution is -0.167. The molecule has 0 aromatic carbocycles. The molecule has 146 valence electrons. The summed E-state index contributed by atoms with van der Waals surface area (Å²) < 4.78 is 9.52. The summed E-state index contributed by atoms with van der Waals surface area (Å²) in [7, 11) is 0. The summed E-state index contributed by atoms with van der Waals surface area (Å²) in [6.07, 6.45) is -0.980. The molecule has 10 nitrogen and oxygen atoms in total. The largest absolute Gasteiger partial charge is 0.480 e. The number of carbonyl (C=O) groups is 5. The lowest BCUT2D eigenvalue weighted by atomic mass is 10.2. The number of nitrogens with one attached hydrogen (secondary N) is 1.